The molecule has 0 fully saturated rings. The lowest BCUT2D eigenvalue weighted by molar-refractivity contribution is 1.25. The highest BCUT2D eigenvalue weighted by atomic mass is 35.5. The van der Waals surface area contributed by atoms with Crippen molar-refractivity contribution < 1.29 is 0 Å². The number of hydrogen-bond acceptors (Lipinski definition) is 2. The van der Waals surface area contributed by atoms with Gasteiger partial charge in [-0.1, -0.05) is 53.5 Å². The van der Waals surface area contributed by atoms with Crippen molar-refractivity contribution in [2.45, 2.75) is 0 Å². The minimum atomic E-state index is 0.290. The molecule has 4 heteroatoms. The van der Waals surface area contributed by atoms with E-state index in [4.69, 9.17) is 23.2 Å². The molecule has 0 N–H and O–H groups in total. The molecule has 0 heterocycles. The van der Waals surface area contributed by atoms with Crippen molar-refractivity contribution in [2.24, 2.45) is 10.2 Å². The molecule has 0 aromatic heterocycles. The summed E-state index contributed by atoms with van der Waals surface area (Å²) < 4.78 is 0. The molecule has 0 saturated carbocycles. The summed E-state index contributed by atoms with van der Waals surface area (Å²) in [5, 5.41) is 8.39. The maximum atomic E-state index is 6.02. The molecule has 0 aliphatic heterocycles. The minimum absolute atomic E-state index is 0.290. The third kappa shape index (κ3) is 3.38. The standard InChI is InChI=1S/C14H9Cl2N2/c15-13(11-7-3-1-4-8-11)17-18-14(16)12-9-5-2-6-10-12/h1,3-10H/q+1. The molecule has 2 nitrogen and oxygen atoms in total. The van der Waals surface area contributed by atoms with Gasteiger partial charge in [-0.25, -0.2) is 0 Å². The number of hydrogen-bond donors (Lipinski definition) is 0. The SMILES string of the molecule is ClC(=NN=C(Cl)c1ccccc1)C1=CC=[C+]C=C1. The lowest BCUT2D eigenvalue weighted by Gasteiger charge is -1.95. The van der Waals surface area contributed by atoms with Gasteiger partial charge in [0.25, 0.3) is 0 Å². The van der Waals surface area contributed by atoms with Crippen molar-refractivity contribution in [3.05, 3.63) is 71.8 Å². The van der Waals surface area contributed by atoms with E-state index in [1.807, 2.05) is 30.3 Å². The van der Waals surface area contributed by atoms with Gasteiger partial charge < -0.3 is 0 Å². The van der Waals surface area contributed by atoms with Crippen molar-refractivity contribution in [3.8, 4) is 0 Å². The largest absolute Gasteiger partial charge is 0.185 e. The van der Waals surface area contributed by atoms with Crippen molar-refractivity contribution >= 4 is 33.5 Å². The first-order valence-corrected chi connectivity index (χ1v) is 6.01. The minimum Gasteiger partial charge on any atom is -0.136 e. The van der Waals surface area contributed by atoms with E-state index in [1.165, 1.54) is 0 Å². The van der Waals surface area contributed by atoms with Crippen molar-refractivity contribution in [1.29, 1.82) is 0 Å². The van der Waals surface area contributed by atoms with E-state index < -0.39 is 0 Å². The normalized spacial score (nSPS) is 15.3. The summed E-state index contributed by atoms with van der Waals surface area (Å²) in [5.74, 6) is 0. The first kappa shape index (κ1) is 12.7. The maximum Gasteiger partial charge on any atom is 0.185 e. The number of rotatable bonds is 3. The van der Waals surface area contributed by atoms with Crippen LogP contribution in [0, 0.1) is 6.08 Å². The molecule has 0 amide bonds. The van der Waals surface area contributed by atoms with E-state index in [0.717, 1.165) is 11.1 Å². The Bertz CT molecular complexity index is 567. The molecule has 1 aromatic rings. The highest BCUT2D eigenvalue weighted by Gasteiger charge is 2.08. The lowest BCUT2D eigenvalue weighted by atomic mass is 10.2. The zero-order valence-electron chi connectivity index (χ0n) is 9.35. The van der Waals surface area contributed by atoms with Gasteiger partial charge in [-0.05, 0) is 0 Å². The van der Waals surface area contributed by atoms with Gasteiger partial charge in [-0.2, -0.15) is 0 Å². The van der Waals surface area contributed by atoms with E-state index >= 15 is 0 Å². The highest BCUT2D eigenvalue weighted by Crippen LogP contribution is 2.11. The maximum absolute atomic E-state index is 6.02. The third-order valence-corrected chi connectivity index (χ3v) is 2.78. The van der Waals surface area contributed by atoms with Gasteiger partial charge in [-0.3, -0.25) is 0 Å². The molecule has 0 radical (unpaired) electrons. The van der Waals surface area contributed by atoms with Crippen LogP contribution in [0.15, 0.2) is 70.4 Å². The molecule has 18 heavy (non-hydrogen) atoms. The van der Waals surface area contributed by atoms with Gasteiger partial charge in [0.1, 0.15) is 17.7 Å². The van der Waals surface area contributed by atoms with Crippen LogP contribution in [0.2, 0.25) is 0 Å². The zero-order chi connectivity index (χ0) is 12.8. The second-order valence-corrected chi connectivity index (χ2v) is 4.15. The van der Waals surface area contributed by atoms with E-state index in [-0.39, 0.29) is 5.17 Å². The van der Waals surface area contributed by atoms with E-state index in [9.17, 15) is 0 Å². The fourth-order valence-electron chi connectivity index (χ4n) is 1.30. The van der Waals surface area contributed by atoms with Gasteiger partial charge in [0, 0.05) is 11.6 Å². The van der Waals surface area contributed by atoms with Crippen LogP contribution in [-0.2, 0) is 0 Å². The van der Waals surface area contributed by atoms with Crippen LogP contribution in [-0.4, -0.2) is 10.3 Å². The molecular formula is C14H9Cl2N2+. The summed E-state index contributed by atoms with van der Waals surface area (Å²) in [6.45, 7) is 0. The van der Waals surface area contributed by atoms with Crippen LogP contribution < -0.4 is 0 Å². The molecule has 0 unspecified atom stereocenters. The second-order valence-electron chi connectivity index (χ2n) is 3.44. The summed E-state index contributed by atoms with van der Waals surface area (Å²) in [6, 6.07) is 9.38. The van der Waals surface area contributed by atoms with Gasteiger partial charge in [-0.15, -0.1) is 10.2 Å². The smallest absolute Gasteiger partial charge is 0.136 e. The molecule has 0 bridgehead atoms. The summed E-state index contributed by atoms with van der Waals surface area (Å²) in [5.41, 5.74) is 1.57. The lowest BCUT2D eigenvalue weighted by Crippen LogP contribution is -1.94. The summed E-state index contributed by atoms with van der Waals surface area (Å²) >= 11 is 12.0. The molecule has 1 aliphatic carbocycles. The van der Waals surface area contributed by atoms with Gasteiger partial charge in [0.15, 0.2) is 10.3 Å². The van der Waals surface area contributed by atoms with Gasteiger partial charge >= 0.3 is 0 Å². The molecule has 0 saturated heterocycles. The van der Waals surface area contributed by atoms with Crippen molar-refractivity contribution in [1.82, 2.24) is 0 Å². The second kappa shape index (κ2) is 6.27. The average Bonchev–Trinajstić information content (AvgIpc) is 2.46. The highest BCUT2D eigenvalue weighted by molar-refractivity contribution is 6.71. The van der Waals surface area contributed by atoms with E-state index in [2.05, 4.69) is 16.3 Å². The summed E-state index contributed by atoms with van der Waals surface area (Å²) in [4.78, 5) is 0. The number of halogens is 2. The van der Waals surface area contributed by atoms with Crippen LogP contribution in [0.3, 0.4) is 0 Å². The first-order valence-electron chi connectivity index (χ1n) is 5.26. The topological polar surface area (TPSA) is 24.7 Å². The Labute approximate surface area is 116 Å². The van der Waals surface area contributed by atoms with E-state index in [1.54, 1.807) is 24.3 Å². The Kier molecular flexibility index (Phi) is 4.43. The Morgan fingerprint density at radius 1 is 1.00 bits per heavy atom. The number of benzene rings is 1. The fourth-order valence-corrected chi connectivity index (χ4v) is 1.63. The molecule has 0 spiro atoms. The van der Waals surface area contributed by atoms with Crippen LogP contribution in [0.25, 0.3) is 0 Å². The number of nitrogens with zero attached hydrogens (tertiary/aromatic N) is 2. The van der Waals surface area contributed by atoms with Crippen LogP contribution in [0.5, 0.6) is 0 Å². The molecule has 1 aromatic carbocycles. The summed E-state index contributed by atoms with van der Waals surface area (Å²) in [6.07, 6.45) is 10.0. The molecule has 1 aliphatic rings. The number of allylic oxidation sites excluding steroid dienone is 6. The monoisotopic (exact) mass is 275 g/mol. The Hall–Kier alpha value is -1.73. The Morgan fingerprint density at radius 2 is 1.72 bits per heavy atom. The van der Waals surface area contributed by atoms with Crippen LogP contribution in [0.4, 0.5) is 0 Å². The first-order chi connectivity index (χ1) is 8.77. The fraction of sp³-hybridized carbons (Fsp3) is 0. The molecule has 2 rings (SSSR count). The Balaban J connectivity index is 2.17. The van der Waals surface area contributed by atoms with Crippen molar-refractivity contribution in [2.75, 3.05) is 0 Å². The molecule has 88 valence electrons. The predicted octanol–water partition coefficient (Wildman–Crippen LogP) is 4.08. The summed E-state index contributed by atoms with van der Waals surface area (Å²) in [7, 11) is 0. The van der Waals surface area contributed by atoms with Gasteiger partial charge in [0.2, 0.25) is 0 Å². The van der Waals surface area contributed by atoms with Gasteiger partial charge in [0.05, 0.1) is 12.2 Å². The quantitative estimate of drug-likeness (QED) is 0.451. The molecular weight excluding hydrogens is 267 g/mol. The third-order valence-electron chi connectivity index (χ3n) is 2.19. The predicted molar refractivity (Wildman–Crippen MR) is 77.2 cm³/mol. The van der Waals surface area contributed by atoms with Crippen LogP contribution in [0.1, 0.15) is 5.56 Å². The zero-order valence-corrected chi connectivity index (χ0v) is 10.9. The molecule has 0 atom stereocenters. The average molecular weight is 276 g/mol. The van der Waals surface area contributed by atoms with Crippen LogP contribution >= 0.6 is 23.2 Å². The van der Waals surface area contributed by atoms with E-state index in [0.29, 0.717) is 5.17 Å². The Morgan fingerprint density at radius 3 is 2.39 bits per heavy atom. The van der Waals surface area contributed by atoms with Crippen molar-refractivity contribution in [3.63, 3.8) is 0 Å².